The number of amidine groups is 1. The predicted octanol–water partition coefficient (Wildman–Crippen LogP) is 3.24. The third-order valence-electron chi connectivity index (χ3n) is 3.49. The molecular formula is C13H13Cl2N3O. The van der Waals surface area contributed by atoms with Gasteiger partial charge in [-0.25, -0.2) is 4.79 Å². The second kappa shape index (κ2) is 4.69. The van der Waals surface area contributed by atoms with E-state index >= 15 is 0 Å². The van der Waals surface area contributed by atoms with Crippen molar-refractivity contribution in [3.8, 4) is 0 Å². The summed E-state index contributed by atoms with van der Waals surface area (Å²) in [7, 11) is 0. The first kappa shape index (κ1) is 12.8. The zero-order valence-electron chi connectivity index (χ0n) is 10.1. The van der Waals surface area contributed by atoms with Crippen LogP contribution >= 0.6 is 23.2 Å². The van der Waals surface area contributed by atoms with Crippen LogP contribution in [-0.4, -0.2) is 23.3 Å². The van der Waals surface area contributed by atoms with Gasteiger partial charge >= 0.3 is 6.03 Å². The summed E-state index contributed by atoms with van der Waals surface area (Å²) >= 11 is 12.2. The number of urea groups is 1. The molecule has 1 aromatic carbocycles. The molecule has 0 spiro atoms. The topological polar surface area (TPSA) is 58.7 Å². The summed E-state index contributed by atoms with van der Waals surface area (Å²) in [4.78, 5) is 17.5. The average molecular weight is 298 g/mol. The largest absolute Gasteiger partial charge is 0.385 e. The SMILES string of the molecule is NC1=NC(=O)N(CC2CC2)C1c1cccc(Cl)c1Cl. The van der Waals surface area contributed by atoms with Crippen molar-refractivity contribution in [2.24, 2.45) is 16.6 Å². The molecule has 0 saturated heterocycles. The van der Waals surface area contributed by atoms with Crippen molar-refractivity contribution >= 4 is 35.1 Å². The summed E-state index contributed by atoms with van der Waals surface area (Å²) in [5.41, 5.74) is 6.63. The fraction of sp³-hybridized carbons (Fsp3) is 0.385. The second-order valence-electron chi connectivity index (χ2n) is 4.96. The van der Waals surface area contributed by atoms with Crippen molar-refractivity contribution in [3.05, 3.63) is 33.8 Å². The Balaban J connectivity index is 1.97. The van der Waals surface area contributed by atoms with Gasteiger partial charge in [0.2, 0.25) is 0 Å². The molecule has 6 heteroatoms. The van der Waals surface area contributed by atoms with Gasteiger partial charge in [-0.1, -0.05) is 35.3 Å². The Labute approximate surface area is 121 Å². The molecule has 1 aromatic rings. The lowest BCUT2D eigenvalue weighted by Gasteiger charge is -2.25. The molecule has 1 atom stereocenters. The van der Waals surface area contributed by atoms with Gasteiger partial charge in [0.1, 0.15) is 11.9 Å². The zero-order chi connectivity index (χ0) is 13.6. The Morgan fingerprint density at radius 3 is 2.79 bits per heavy atom. The summed E-state index contributed by atoms with van der Waals surface area (Å²) in [5, 5.41) is 0.889. The normalized spacial score (nSPS) is 22.8. The fourth-order valence-corrected chi connectivity index (χ4v) is 2.74. The number of rotatable bonds is 3. The zero-order valence-corrected chi connectivity index (χ0v) is 11.7. The number of carbonyl (C=O) groups is 1. The number of amides is 2. The maximum atomic E-state index is 11.9. The lowest BCUT2D eigenvalue weighted by molar-refractivity contribution is 0.204. The maximum Gasteiger partial charge on any atom is 0.346 e. The molecule has 1 aliphatic heterocycles. The van der Waals surface area contributed by atoms with E-state index in [0.29, 0.717) is 22.5 Å². The van der Waals surface area contributed by atoms with Gasteiger partial charge in [-0.15, -0.1) is 0 Å². The molecule has 1 saturated carbocycles. The first-order chi connectivity index (χ1) is 9.08. The number of nitrogens with zero attached hydrogens (tertiary/aromatic N) is 2. The highest BCUT2D eigenvalue weighted by atomic mass is 35.5. The van der Waals surface area contributed by atoms with Crippen molar-refractivity contribution in [1.29, 1.82) is 0 Å². The van der Waals surface area contributed by atoms with Crippen LogP contribution < -0.4 is 5.73 Å². The van der Waals surface area contributed by atoms with E-state index in [-0.39, 0.29) is 17.9 Å². The summed E-state index contributed by atoms with van der Waals surface area (Å²) in [6, 6.07) is 4.67. The Bertz CT molecular complexity index is 569. The van der Waals surface area contributed by atoms with E-state index in [1.165, 1.54) is 0 Å². The molecule has 1 heterocycles. The van der Waals surface area contributed by atoms with Crippen molar-refractivity contribution in [2.45, 2.75) is 18.9 Å². The summed E-state index contributed by atoms with van der Waals surface area (Å²) in [6.45, 7) is 0.677. The predicted molar refractivity (Wildman–Crippen MR) is 75.7 cm³/mol. The lowest BCUT2D eigenvalue weighted by atomic mass is 10.0. The minimum absolute atomic E-state index is 0.287. The van der Waals surface area contributed by atoms with E-state index in [0.717, 1.165) is 18.4 Å². The van der Waals surface area contributed by atoms with Crippen LogP contribution in [0.3, 0.4) is 0 Å². The van der Waals surface area contributed by atoms with Gasteiger partial charge in [0.15, 0.2) is 0 Å². The molecule has 2 N–H and O–H groups in total. The van der Waals surface area contributed by atoms with Crippen LogP contribution in [-0.2, 0) is 0 Å². The molecule has 0 radical (unpaired) electrons. The summed E-state index contributed by atoms with van der Waals surface area (Å²) in [6.07, 6.45) is 2.30. The number of hydrogen-bond donors (Lipinski definition) is 1. The Kier molecular flexibility index (Phi) is 3.15. The third kappa shape index (κ3) is 2.30. The van der Waals surface area contributed by atoms with Crippen molar-refractivity contribution < 1.29 is 4.79 Å². The van der Waals surface area contributed by atoms with E-state index < -0.39 is 0 Å². The van der Waals surface area contributed by atoms with Gasteiger partial charge < -0.3 is 10.6 Å². The van der Waals surface area contributed by atoms with E-state index in [1.54, 1.807) is 17.0 Å². The van der Waals surface area contributed by atoms with Gasteiger partial charge in [0.25, 0.3) is 0 Å². The molecule has 2 amide bonds. The van der Waals surface area contributed by atoms with E-state index in [4.69, 9.17) is 28.9 Å². The van der Waals surface area contributed by atoms with Gasteiger partial charge in [0, 0.05) is 12.1 Å². The molecule has 0 aromatic heterocycles. The minimum atomic E-state index is -0.390. The van der Waals surface area contributed by atoms with Gasteiger partial charge in [-0.05, 0) is 24.8 Å². The van der Waals surface area contributed by atoms with Crippen LogP contribution in [0.25, 0.3) is 0 Å². The number of nitrogens with two attached hydrogens (primary N) is 1. The average Bonchev–Trinajstić information content (AvgIpc) is 3.12. The van der Waals surface area contributed by atoms with E-state index in [9.17, 15) is 4.79 Å². The number of hydrogen-bond acceptors (Lipinski definition) is 2. The van der Waals surface area contributed by atoms with Crippen LogP contribution in [0.5, 0.6) is 0 Å². The monoisotopic (exact) mass is 297 g/mol. The molecular weight excluding hydrogens is 285 g/mol. The molecule has 4 nitrogen and oxygen atoms in total. The van der Waals surface area contributed by atoms with Crippen LogP contribution in [0.2, 0.25) is 10.0 Å². The first-order valence-electron chi connectivity index (χ1n) is 6.16. The Morgan fingerprint density at radius 2 is 2.11 bits per heavy atom. The molecule has 1 unspecified atom stereocenters. The standard InChI is InChI=1S/C13H13Cl2N3O/c14-9-3-1-2-8(10(9)15)11-12(16)17-13(19)18(11)6-7-4-5-7/h1-3,7,11H,4-6H2,(H2,16,17,19). The van der Waals surface area contributed by atoms with Crippen molar-refractivity contribution in [2.75, 3.05) is 6.54 Å². The lowest BCUT2D eigenvalue weighted by Crippen LogP contribution is -2.35. The van der Waals surface area contributed by atoms with Crippen molar-refractivity contribution in [1.82, 2.24) is 4.90 Å². The number of aliphatic imine (C=N–C) groups is 1. The molecule has 1 aliphatic carbocycles. The molecule has 2 aliphatic rings. The van der Waals surface area contributed by atoms with Crippen LogP contribution in [0.1, 0.15) is 24.4 Å². The Morgan fingerprint density at radius 1 is 1.37 bits per heavy atom. The molecule has 100 valence electrons. The van der Waals surface area contributed by atoms with Crippen LogP contribution in [0, 0.1) is 5.92 Å². The quantitative estimate of drug-likeness (QED) is 0.931. The van der Waals surface area contributed by atoms with E-state index in [2.05, 4.69) is 4.99 Å². The summed E-state index contributed by atoms with van der Waals surface area (Å²) in [5.74, 6) is 0.848. The van der Waals surface area contributed by atoms with Gasteiger partial charge in [0.05, 0.1) is 10.0 Å². The highest BCUT2D eigenvalue weighted by molar-refractivity contribution is 6.42. The van der Waals surface area contributed by atoms with Gasteiger partial charge in [-0.2, -0.15) is 4.99 Å². The molecule has 0 bridgehead atoms. The number of benzene rings is 1. The first-order valence-corrected chi connectivity index (χ1v) is 6.92. The fourth-order valence-electron chi connectivity index (χ4n) is 2.33. The molecule has 19 heavy (non-hydrogen) atoms. The van der Waals surface area contributed by atoms with Crippen LogP contribution in [0.15, 0.2) is 23.2 Å². The highest BCUT2D eigenvalue weighted by Crippen LogP contribution is 2.38. The highest BCUT2D eigenvalue weighted by Gasteiger charge is 2.39. The minimum Gasteiger partial charge on any atom is -0.385 e. The van der Waals surface area contributed by atoms with Crippen LogP contribution in [0.4, 0.5) is 4.79 Å². The molecule has 1 fully saturated rings. The number of carbonyl (C=O) groups excluding carboxylic acids is 1. The number of halogens is 2. The van der Waals surface area contributed by atoms with E-state index in [1.807, 2.05) is 6.07 Å². The smallest absolute Gasteiger partial charge is 0.346 e. The molecule has 3 rings (SSSR count). The van der Waals surface area contributed by atoms with Gasteiger partial charge in [-0.3, -0.25) is 0 Å². The Hall–Kier alpha value is -1.26. The summed E-state index contributed by atoms with van der Waals surface area (Å²) < 4.78 is 0. The van der Waals surface area contributed by atoms with Crippen molar-refractivity contribution in [3.63, 3.8) is 0 Å². The third-order valence-corrected chi connectivity index (χ3v) is 4.32. The second-order valence-corrected chi connectivity index (χ2v) is 5.75. The maximum absolute atomic E-state index is 11.9.